The number of hydrogen-bond acceptors (Lipinski definition) is 4. The van der Waals surface area contributed by atoms with Crippen molar-refractivity contribution in [3.8, 4) is 0 Å². The van der Waals surface area contributed by atoms with Gasteiger partial charge in [-0.2, -0.15) is 0 Å². The number of nitrogens with zero attached hydrogens (tertiary/aromatic N) is 3. The number of nitrogen functional groups attached to an aromatic ring is 1. The smallest absolute Gasteiger partial charge is 0.151 e. The molecule has 0 aromatic carbocycles. The summed E-state index contributed by atoms with van der Waals surface area (Å²) in [4.78, 5) is 8.53. The summed E-state index contributed by atoms with van der Waals surface area (Å²) in [5.74, 6) is 0.872. The number of aromatic nitrogens is 1. The fourth-order valence-electron chi connectivity index (χ4n) is 1.32. The molecular weight excluding hydrogens is 188 g/mol. The predicted octanol–water partition coefficient (Wildman–Crippen LogP) is 0.970. The van der Waals surface area contributed by atoms with Crippen LogP contribution in [0.4, 0.5) is 11.5 Å². The molecule has 84 valence electrons. The molecule has 2 N–H and O–H groups in total. The quantitative estimate of drug-likeness (QED) is 0.801. The number of hydrogen-bond donors (Lipinski definition) is 1. The molecule has 0 saturated carbocycles. The van der Waals surface area contributed by atoms with E-state index in [0.717, 1.165) is 30.2 Å². The average Bonchev–Trinajstić information content (AvgIpc) is 2.18. The first-order chi connectivity index (χ1) is 7.02. The molecule has 1 aromatic heterocycles. The van der Waals surface area contributed by atoms with Gasteiger partial charge in [0.2, 0.25) is 0 Å². The number of anilines is 2. The number of nitrogens with two attached hydrogens (primary N) is 1. The van der Waals surface area contributed by atoms with Crippen LogP contribution in [0.15, 0.2) is 12.3 Å². The number of rotatable bonds is 4. The van der Waals surface area contributed by atoms with Crippen LogP contribution < -0.4 is 10.6 Å². The molecule has 0 atom stereocenters. The summed E-state index contributed by atoms with van der Waals surface area (Å²) in [7, 11) is 6.13. The second kappa shape index (κ2) is 4.98. The van der Waals surface area contributed by atoms with Gasteiger partial charge in [0, 0.05) is 26.3 Å². The Morgan fingerprint density at radius 3 is 2.53 bits per heavy atom. The minimum absolute atomic E-state index is 0.777. The van der Waals surface area contributed by atoms with Crippen LogP contribution in [-0.2, 0) is 0 Å². The summed E-state index contributed by atoms with van der Waals surface area (Å²) < 4.78 is 0. The maximum atomic E-state index is 5.97. The molecule has 0 amide bonds. The number of likely N-dealkylation sites (N-methyl/N-ethyl adjacent to an activating group) is 2. The first-order valence-electron chi connectivity index (χ1n) is 5.09. The lowest BCUT2D eigenvalue weighted by atomic mass is 10.2. The van der Waals surface area contributed by atoms with Crippen molar-refractivity contribution in [2.75, 3.05) is 44.9 Å². The van der Waals surface area contributed by atoms with Gasteiger partial charge in [-0.25, -0.2) is 4.98 Å². The fourth-order valence-corrected chi connectivity index (χ4v) is 1.32. The van der Waals surface area contributed by atoms with E-state index in [1.165, 1.54) is 0 Å². The van der Waals surface area contributed by atoms with Crippen molar-refractivity contribution in [1.82, 2.24) is 9.88 Å². The van der Waals surface area contributed by atoms with E-state index in [1.807, 2.05) is 20.0 Å². The van der Waals surface area contributed by atoms with Crippen molar-refractivity contribution in [2.45, 2.75) is 6.92 Å². The molecule has 1 aromatic rings. The minimum atomic E-state index is 0.777. The third kappa shape index (κ3) is 3.09. The van der Waals surface area contributed by atoms with Gasteiger partial charge >= 0.3 is 0 Å². The van der Waals surface area contributed by atoms with E-state index in [0.29, 0.717) is 0 Å². The van der Waals surface area contributed by atoms with Gasteiger partial charge in [0.1, 0.15) is 0 Å². The van der Waals surface area contributed by atoms with Crippen molar-refractivity contribution < 1.29 is 0 Å². The Kier molecular flexibility index (Phi) is 3.91. The van der Waals surface area contributed by atoms with Crippen molar-refractivity contribution in [1.29, 1.82) is 0 Å². The Hall–Kier alpha value is -1.29. The molecule has 4 nitrogen and oxygen atoms in total. The molecule has 1 heterocycles. The summed E-state index contributed by atoms with van der Waals surface area (Å²) in [5, 5.41) is 0. The summed E-state index contributed by atoms with van der Waals surface area (Å²) >= 11 is 0. The molecule has 1 rings (SSSR count). The van der Waals surface area contributed by atoms with Gasteiger partial charge in [-0.15, -0.1) is 0 Å². The van der Waals surface area contributed by atoms with Gasteiger partial charge in [0.15, 0.2) is 5.82 Å². The topological polar surface area (TPSA) is 45.4 Å². The van der Waals surface area contributed by atoms with Crippen LogP contribution in [0.2, 0.25) is 0 Å². The first kappa shape index (κ1) is 11.8. The molecule has 0 fully saturated rings. The van der Waals surface area contributed by atoms with Crippen LogP contribution in [-0.4, -0.2) is 44.1 Å². The van der Waals surface area contributed by atoms with Crippen molar-refractivity contribution in [2.24, 2.45) is 0 Å². The van der Waals surface area contributed by atoms with E-state index >= 15 is 0 Å². The zero-order valence-electron chi connectivity index (χ0n) is 9.99. The number of pyridine rings is 1. The Labute approximate surface area is 91.7 Å². The monoisotopic (exact) mass is 208 g/mol. The van der Waals surface area contributed by atoms with Crippen LogP contribution in [0, 0.1) is 6.92 Å². The largest absolute Gasteiger partial charge is 0.396 e. The van der Waals surface area contributed by atoms with Gasteiger partial charge in [0.05, 0.1) is 5.69 Å². The van der Waals surface area contributed by atoms with Gasteiger partial charge < -0.3 is 15.5 Å². The second-order valence-corrected chi connectivity index (χ2v) is 4.09. The van der Waals surface area contributed by atoms with E-state index in [1.54, 1.807) is 6.20 Å². The zero-order valence-corrected chi connectivity index (χ0v) is 9.99. The fraction of sp³-hybridized carbons (Fsp3) is 0.545. The highest BCUT2D eigenvalue weighted by atomic mass is 15.2. The van der Waals surface area contributed by atoms with Crippen molar-refractivity contribution in [3.63, 3.8) is 0 Å². The first-order valence-corrected chi connectivity index (χ1v) is 5.09. The van der Waals surface area contributed by atoms with Crippen LogP contribution in [0.5, 0.6) is 0 Å². The van der Waals surface area contributed by atoms with E-state index < -0.39 is 0 Å². The van der Waals surface area contributed by atoms with Crippen molar-refractivity contribution >= 4 is 11.5 Å². The van der Waals surface area contributed by atoms with Gasteiger partial charge in [-0.05, 0) is 32.6 Å². The zero-order chi connectivity index (χ0) is 11.4. The molecule has 0 aliphatic carbocycles. The molecule has 0 aliphatic heterocycles. The predicted molar refractivity (Wildman–Crippen MR) is 65.2 cm³/mol. The third-order valence-electron chi connectivity index (χ3n) is 2.43. The van der Waals surface area contributed by atoms with E-state index in [2.05, 4.69) is 28.9 Å². The van der Waals surface area contributed by atoms with Crippen LogP contribution in [0.3, 0.4) is 0 Å². The molecule has 4 heteroatoms. The molecule has 0 saturated heterocycles. The van der Waals surface area contributed by atoms with Crippen LogP contribution in [0.1, 0.15) is 5.56 Å². The lowest BCUT2D eigenvalue weighted by molar-refractivity contribution is 0.416. The lowest BCUT2D eigenvalue weighted by Crippen LogP contribution is -2.29. The molecule has 0 aliphatic rings. The van der Waals surface area contributed by atoms with E-state index in [9.17, 15) is 0 Å². The SMILES string of the molecule is Cc1ccnc(N(C)CCN(C)C)c1N. The van der Waals surface area contributed by atoms with Crippen LogP contribution in [0.25, 0.3) is 0 Å². The second-order valence-electron chi connectivity index (χ2n) is 4.09. The minimum Gasteiger partial charge on any atom is -0.396 e. The standard InChI is InChI=1S/C11H20N4/c1-9-5-6-13-11(10(9)12)15(4)8-7-14(2)3/h5-6H,7-8,12H2,1-4H3. The Morgan fingerprint density at radius 1 is 1.27 bits per heavy atom. The summed E-state index contributed by atoms with van der Waals surface area (Å²) in [6.07, 6.45) is 1.80. The Balaban J connectivity index is 2.73. The maximum Gasteiger partial charge on any atom is 0.151 e. The maximum absolute atomic E-state index is 5.97. The highest BCUT2D eigenvalue weighted by Gasteiger charge is 2.08. The number of aryl methyl sites for hydroxylation is 1. The summed E-state index contributed by atoms with van der Waals surface area (Å²) in [6, 6.07) is 1.93. The third-order valence-corrected chi connectivity index (χ3v) is 2.43. The Bertz CT molecular complexity index is 322. The van der Waals surface area contributed by atoms with Crippen LogP contribution >= 0.6 is 0 Å². The van der Waals surface area contributed by atoms with Gasteiger partial charge in [0.25, 0.3) is 0 Å². The summed E-state index contributed by atoms with van der Waals surface area (Å²) in [6.45, 7) is 3.92. The molecule has 0 unspecified atom stereocenters. The molecule has 0 bridgehead atoms. The highest BCUT2D eigenvalue weighted by molar-refractivity contribution is 5.65. The molecule has 0 radical (unpaired) electrons. The molecule has 15 heavy (non-hydrogen) atoms. The highest BCUT2D eigenvalue weighted by Crippen LogP contribution is 2.21. The van der Waals surface area contributed by atoms with E-state index in [4.69, 9.17) is 5.73 Å². The van der Waals surface area contributed by atoms with Gasteiger partial charge in [-0.3, -0.25) is 0 Å². The van der Waals surface area contributed by atoms with E-state index in [-0.39, 0.29) is 0 Å². The molecular formula is C11H20N4. The van der Waals surface area contributed by atoms with Crippen molar-refractivity contribution in [3.05, 3.63) is 17.8 Å². The van der Waals surface area contributed by atoms with Gasteiger partial charge in [-0.1, -0.05) is 0 Å². The summed E-state index contributed by atoms with van der Waals surface area (Å²) in [5.41, 5.74) is 7.83. The average molecular weight is 208 g/mol. The normalized spacial score (nSPS) is 10.7. The Morgan fingerprint density at radius 2 is 1.93 bits per heavy atom. The molecule has 0 spiro atoms. The lowest BCUT2D eigenvalue weighted by Gasteiger charge is -2.22.